The standard InChI is InChI=1S/C18H18BrClN2O2/c1-24-15-4-2-3-14(12-15)21-7-9-22(10-8-21)18(23)16-11-13(19)5-6-17(16)20/h2-6,11-12H,7-10H2,1H3. The van der Waals surface area contributed by atoms with E-state index in [2.05, 4.69) is 26.9 Å². The Morgan fingerprint density at radius 1 is 1.12 bits per heavy atom. The third-order valence-electron chi connectivity index (χ3n) is 4.14. The topological polar surface area (TPSA) is 32.8 Å². The van der Waals surface area contributed by atoms with Gasteiger partial charge >= 0.3 is 0 Å². The first-order valence-corrected chi connectivity index (χ1v) is 8.89. The maximum atomic E-state index is 12.7. The molecule has 0 aliphatic carbocycles. The van der Waals surface area contributed by atoms with Crippen molar-refractivity contribution in [2.75, 3.05) is 38.2 Å². The van der Waals surface area contributed by atoms with Gasteiger partial charge in [0.05, 0.1) is 17.7 Å². The minimum Gasteiger partial charge on any atom is -0.497 e. The molecule has 4 nitrogen and oxygen atoms in total. The van der Waals surface area contributed by atoms with Crippen LogP contribution in [-0.4, -0.2) is 44.1 Å². The van der Waals surface area contributed by atoms with E-state index in [-0.39, 0.29) is 5.91 Å². The molecule has 0 aromatic heterocycles. The van der Waals surface area contributed by atoms with Crippen molar-refractivity contribution in [3.8, 4) is 5.75 Å². The fraction of sp³-hybridized carbons (Fsp3) is 0.278. The second-order valence-electron chi connectivity index (χ2n) is 5.60. The molecule has 1 fully saturated rings. The Hall–Kier alpha value is -1.72. The van der Waals surface area contributed by atoms with E-state index in [1.54, 1.807) is 19.2 Å². The van der Waals surface area contributed by atoms with Crippen molar-refractivity contribution in [1.29, 1.82) is 0 Å². The van der Waals surface area contributed by atoms with Crippen LogP contribution in [0.25, 0.3) is 0 Å². The molecule has 0 atom stereocenters. The van der Waals surface area contributed by atoms with Crippen LogP contribution in [0.4, 0.5) is 5.69 Å². The Kier molecular flexibility index (Phi) is 5.31. The molecule has 2 aromatic rings. The van der Waals surface area contributed by atoms with Gasteiger partial charge in [0.25, 0.3) is 5.91 Å². The van der Waals surface area contributed by atoms with Crippen LogP contribution < -0.4 is 9.64 Å². The molecule has 0 spiro atoms. The second-order valence-corrected chi connectivity index (χ2v) is 6.93. The molecule has 1 aliphatic rings. The first kappa shape index (κ1) is 17.1. The number of amides is 1. The molecule has 0 N–H and O–H groups in total. The zero-order valence-corrected chi connectivity index (χ0v) is 15.7. The van der Waals surface area contributed by atoms with Crippen LogP contribution in [0.3, 0.4) is 0 Å². The van der Waals surface area contributed by atoms with Crippen LogP contribution in [-0.2, 0) is 0 Å². The summed E-state index contributed by atoms with van der Waals surface area (Å²) in [7, 11) is 1.66. The predicted octanol–water partition coefficient (Wildman–Crippen LogP) is 4.07. The lowest BCUT2D eigenvalue weighted by Crippen LogP contribution is -2.48. The number of hydrogen-bond donors (Lipinski definition) is 0. The lowest BCUT2D eigenvalue weighted by molar-refractivity contribution is 0.0747. The fourth-order valence-corrected chi connectivity index (χ4v) is 3.37. The first-order chi connectivity index (χ1) is 11.6. The summed E-state index contributed by atoms with van der Waals surface area (Å²) >= 11 is 9.57. The molecule has 1 saturated heterocycles. The van der Waals surface area contributed by atoms with Crippen LogP contribution >= 0.6 is 27.5 Å². The van der Waals surface area contributed by atoms with Crippen molar-refractivity contribution in [1.82, 2.24) is 4.90 Å². The number of ether oxygens (including phenoxy) is 1. The summed E-state index contributed by atoms with van der Waals surface area (Å²) in [6.07, 6.45) is 0. The molecule has 1 amide bonds. The van der Waals surface area contributed by atoms with Gasteiger partial charge in [-0.05, 0) is 30.3 Å². The van der Waals surface area contributed by atoms with E-state index in [1.807, 2.05) is 29.2 Å². The number of halogens is 2. The zero-order chi connectivity index (χ0) is 17.1. The highest BCUT2D eigenvalue weighted by molar-refractivity contribution is 9.10. The highest BCUT2D eigenvalue weighted by atomic mass is 79.9. The Bertz CT molecular complexity index is 746. The van der Waals surface area contributed by atoms with Crippen LogP contribution in [0.15, 0.2) is 46.9 Å². The molecule has 1 heterocycles. The first-order valence-electron chi connectivity index (χ1n) is 7.72. The summed E-state index contributed by atoms with van der Waals surface area (Å²) in [4.78, 5) is 16.8. The number of carbonyl (C=O) groups is 1. The number of nitrogens with zero attached hydrogens (tertiary/aromatic N) is 2. The maximum absolute atomic E-state index is 12.7. The Labute approximate surface area is 155 Å². The number of benzene rings is 2. The zero-order valence-electron chi connectivity index (χ0n) is 13.3. The fourth-order valence-electron chi connectivity index (χ4n) is 2.81. The normalized spacial score (nSPS) is 14.6. The van der Waals surface area contributed by atoms with E-state index >= 15 is 0 Å². The third-order valence-corrected chi connectivity index (χ3v) is 4.97. The van der Waals surface area contributed by atoms with Gasteiger partial charge in [-0.25, -0.2) is 0 Å². The lowest BCUT2D eigenvalue weighted by atomic mass is 10.1. The number of piperazine rings is 1. The largest absolute Gasteiger partial charge is 0.497 e. The van der Waals surface area contributed by atoms with Gasteiger partial charge in [0.2, 0.25) is 0 Å². The molecular formula is C18H18BrClN2O2. The van der Waals surface area contributed by atoms with Crippen LogP contribution in [0.2, 0.25) is 5.02 Å². The Morgan fingerprint density at radius 2 is 1.88 bits per heavy atom. The average molecular weight is 410 g/mol. The number of rotatable bonds is 3. The summed E-state index contributed by atoms with van der Waals surface area (Å²) < 4.78 is 6.13. The lowest BCUT2D eigenvalue weighted by Gasteiger charge is -2.36. The van der Waals surface area contributed by atoms with Gasteiger partial charge in [0.1, 0.15) is 5.75 Å². The van der Waals surface area contributed by atoms with E-state index in [9.17, 15) is 4.79 Å². The predicted molar refractivity (Wildman–Crippen MR) is 100 cm³/mol. The smallest absolute Gasteiger partial charge is 0.255 e. The number of anilines is 1. The van der Waals surface area contributed by atoms with Crippen LogP contribution in [0, 0.1) is 0 Å². The molecule has 6 heteroatoms. The van der Waals surface area contributed by atoms with Crippen LogP contribution in [0.5, 0.6) is 5.75 Å². The van der Waals surface area contributed by atoms with E-state index in [1.165, 1.54) is 0 Å². The minimum absolute atomic E-state index is 0.0217. The molecular weight excluding hydrogens is 392 g/mol. The van der Waals surface area contributed by atoms with Gasteiger partial charge in [0, 0.05) is 42.4 Å². The molecule has 0 unspecified atom stereocenters. The SMILES string of the molecule is COc1cccc(N2CCN(C(=O)c3cc(Br)ccc3Cl)CC2)c1. The number of hydrogen-bond acceptors (Lipinski definition) is 3. The Morgan fingerprint density at radius 3 is 2.58 bits per heavy atom. The van der Waals surface area contributed by atoms with Gasteiger partial charge in [-0.1, -0.05) is 33.6 Å². The molecule has 1 aliphatic heterocycles. The molecule has 2 aromatic carbocycles. The Balaban J connectivity index is 1.68. The van der Waals surface area contributed by atoms with Gasteiger partial charge in [-0.2, -0.15) is 0 Å². The summed E-state index contributed by atoms with van der Waals surface area (Å²) in [6.45, 7) is 2.90. The summed E-state index contributed by atoms with van der Waals surface area (Å²) in [6, 6.07) is 13.3. The molecule has 0 saturated carbocycles. The summed E-state index contributed by atoms with van der Waals surface area (Å²) in [5.41, 5.74) is 1.66. The van der Waals surface area contributed by atoms with Crippen molar-refractivity contribution >= 4 is 39.1 Å². The summed E-state index contributed by atoms with van der Waals surface area (Å²) in [5.74, 6) is 0.818. The molecule has 0 bridgehead atoms. The average Bonchev–Trinajstić information content (AvgIpc) is 2.63. The van der Waals surface area contributed by atoms with Gasteiger partial charge in [-0.15, -0.1) is 0 Å². The van der Waals surface area contributed by atoms with Gasteiger partial charge < -0.3 is 14.5 Å². The second kappa shape index (κ2) is 7.45. The number of methoxy groups -OCH3 is 1. The quantitative estimate of drug-likeness (QED) is 0.766. The molecule has 3 rings (SSSR count). The van der Waals surface area contributed by atoms with E-state index in [0.717, 1.165) is 29.0 Å². The van der Waals surface area contributed by atoms with Crippen molar-refractivity contribution in [2.24, 2.45) is 0 Å². The highest BCUT2D eigenvalue weighted by Gasteiger charge is 2.24. The monoisotopic (exact) mass is 408 g/mol. The maximum Gasteiger partial charge on any atom is 0.255 e. The van der Waals surface area contributed by atoms with Crippen molar-refractivity contribution < 1.29 is 9.53 Å². The minimum atomic E-state index is -0.0217. The van der Waals surface area contributed by atoms with Crippen molar-refractivity contribution in [3.05, 3.63) is 57.5 Å². The van der Waals surface area contributed by atoms with E-state index in [4.69, 9.17) is 16.3 Å². The molecule has 24 heavy (non-hydrogen) atoms. The van der Waals surface area contributed by atoms with Gasteiger partial charge in [0.15, 0.2) is 0 Å². The third kappa shape index (κ3) is 3.68. The number of carbonyl (C=O) groups excluding carboxylic acids is 1. The highest BCUT2D eigenvalue weighted by Crippen LogP contribution is 2.25. The van der Waals surface area contributed by atoms with E-state index in [0.29, 0.717) is 23.7 Å². The molecule has 0 radical (unpaired) electrons. The molecule has 126 valence electrons. The van der Waals surface area contributed by atoms with Crippen molar-refractivity contribution in [3.63, 3.8) is 0 Å². The van der Waals surface area contributed by atoms with Gasteiger partial charge in [-0.3, -0.25) is 4.79 Å². The summed E-state index contributed by atoms with van der Waals surface area (Å²) in [5, 5.41) is 0.485. The van der Waals surface area contributed by atoms with E-state index < -0.39 is 0 Å². The van der Waals surface area contributed by atoms with Crippen LogP contribution in [0.1, 0.15) is 10.4 Å². The van der Waals surface area contributed by atoms with Crippen molar-refractivity contribution in [2.45, 2.75) is 0 Å².